The standard InChI is InChI=1S/C13H9.C11H9.C3H6.2ClH.Hf/c1-3-7-12-10(5-1)9-11-6-2-4-8-13(11)12;1-2-6-10(7-3-1)11-8-4-5-9-11;1-3-2;;;/h1-9H;1-9H;1-2H3;2*1H;/q2*-1;;;;+2/p-2. The predicted octanol–water partition coefficient (Wildman–Crippen LogP) is 8.91. The van der Waals surface area contributed by atoms with Crippen molar-refractivity contribution in [3.8, 4) is 11.1 Å². The van der Waals surface area contributed by atoms with Gasteiger partial charge in [-0.1, -0.05) is 66.7 Å². The molecule has 0 spiro atoms. The summed E-state index contributed by atoms with van der Waals surface area (Å²) in [4.78, 5) is 0. The molecule has 5 rings (SSSR count). The van der Waals surface area contributed by atoms with Gasteiger partial charge in [0, 0.05) is 0 Å². The van der Waals surface area contributed by atoms with E-state index in [2.05, 4.69) is 103 Å². The van der Waals surface area contributed by atoms with Crippen LogP contribution in [0.3, 0.4) is 0 Å². The Hall–Kier alpha value is -1.80. The molecule has 152 valence electrons. The number of rotatable bonds is 1. The molecule has 0 atom stereocenters. The van der Waals surface area contributed by atoms with E-state index in [-0.39, 0.29) is 0 Å². The van der Waals surface area contributed by atoms with Crippen LogP contribution in [0.1, 0.15) is 13.8 Å². The zero-order valence-corrected chi connectivity index (χ0v) is 22.3. The Morgan fingerprint density at radius 1 is 0.667 bits per heavy atom. The average molecular weight is 598 g/mol. The molecule has 5 aromatic rings. The summed E-state index contributed by atoms with van der Waals surface area (Å²) in [7, 11) is 11.1. The Morgan fingerprint density at radius 3 is 1.63 bits per heavy atom. The van der Waals surface area contributed by atoms with Gasteiger partial charge in [0.15, 0.2) is 0 Å². The van der Waals surface area contributed by atoms with Crippen molar-refractivity contribution in [2.24, 2.45) is 0 Å². The molecule has 0 fully saturated rings. The van der Waals surface area contributed by atoms with Gasteiger partial charge in [-0.3, -0.25) is 0 Å². The summed E-state index contributed by atoms with van der Waals surface area (Å²) in [5, 5.41) is 5.39. The van der Waals surface area contributed by atoms with Crippen LogP contribution < -0.4 is 0 Å². The number of halogens is 2. The summed E-state index contributed by atoms with van der Waals surface area (Å²) in [6.45, 7) is 3.98. The SMILES string of the molecule is C[C](C)=[Hf]([Cl])[Cl].c1ccc(-c2ccc[cH-]2)cc1.c1ccc2c(c1)[cH-]c1ccccc12. The molecular weight excluding hydrogens is 574 g/mol. The van der Waals surface area contributed by atoms with E-state index in [0.717, 1.165) is 0 Å². The second-order valence-corrected chi connectivity index (χ2v) is 20.4. The molecule has 0 bridgehead atoms. The van der Waals surface area contributed by atoms with Crippen LogP contribution in [0, 0.1) is 0 Å². The fourth-order valence-corrected chi connectivity index (χ4v) is 3.10. The van der Waals surface area contributed by atoms with Gasteiger partial charge in [0.25, 0.3) is 0 Å². The van der Waals surface area contributed by atoms with Gasteiger partial charge in [0.2, 0.25) is 0 Å². The second-order valence-electron chi connectivity index (χ2n) is 7.12. The average Bonchev–Trinajstić information content (AvgIpc) is 3.43. The Bertz CT molecular complexity index is 1150. The number of benzene rings is 3. The minimum absolute atomic E-state index is 1.25. The molecule has 0 aromatic heterocycles. The summed E-state index contributed by atoms with van der Waals surface area (Å²) in [5.74, 6) is 0. The van der Waals surface area contributed by atoms with Gasteiger partial charge in [-0.15, -0.1) is 51.4 Å². The Morgan fingerprint density at radius 2 is 1.17 bits per heavy atom. The largest absolute Gasteiger partial charge is 0.176 e. The van der Waals surface area contributed by atoms with Crippen LogP contribution in [0.2, 0.25) is 0 Å². The smallest absolute Gasteiger partial charge is 0.0638 e. The molecule has 30 heavy (non-hydrogen) atoms. The van der Waals surface area contributed by atoms with Crippen molar-refractivity contribution < 1.29 is 18.6 Å². The maximum Gasteiger partial charge on any atom is -0.0638 e. The van der Waals surface area contributed by atoms with Gasteiger partial charge in [-0.05, 0) is 0 Å². The fraction of sp³-hybridized carbons (Fsp3) is 0.0741. The summed E-state index contributed by atoms with van der Waals surface area (Å²) in [6, 6.07) is 38.0. The van der Waals surface area contributed by atoms with Crippen molar-refractivity contribution in [3.63, 3.8) is 0 Å². The minimum atomic E-state index is -1.97. The molecule has 0 radical (unpaired) electrons. The van der Waals surface area contributed by atoms with Crippen LogP contribution >= 0.6 is 17.2 Å². The molecule has 0 saturated carbocycles. The van der Waals surface area contributed by atoms with Crippen LogP contribution in [-0.4, -0.2) is 3.26 Å². The van der Waals surface area contributed by atoms with Gasteiger partial charge in [-0.2, -0.15) is 23.8 Å². The fourth-order valence-electron chi connectivity index (χ4n) is 3.10. The number of hydrogen-bond donors (Lipinski definition) is 0. The summed E-state index contributed by atoms with van der Waals surface area (Å²) in [6.07, 6.45) is 0. The second kappa shape index (κ2) is 11.6. The predicted molar refractivity (Wildman–Crippen MR) is 133 cm³/mol. The zero-order chi connectivity index (χ0) is 21.3. The molecule has 0 N–H and O–H groups in total. The first-order chi connectivity index (χ1) is 14.6. The van der Waals surface area contributed by atoms with E-state index in [1.807, 2.05) is 19.9 Å². The number of hydrogen-bond acceptors (Lipinski definition) is 0. The van der Waals surface area contributed by atoms with Gasteiger partial charge in [0.05, 0.1) is 0 Å². The maximum atomic E-state index is 5.55. The zero-order valence-electron chi connectivity index (χ0n) is 17.1. The van der Waals surface area contributed by atoms with Crippen LogP contribution in [0.15, 0.2) is 109 Å². The molecule has 5 aromatic carbocycles. The van der Waals surface area contributed by atoms with Crippen molar-refractivity contribution in [2.45, 2.75) is 13.8 Å². The minimum Gasteiger partial charge on any atom is -0.176 e. The van der Waals surface area contributed by atoms with Crippen LogP contribution in [0.4, 0.5) is 0 Å². The molecule has 0 saturated heterocycles. The first-order valence-corrected chi connectivity index (χ1v) is 20.5. The van der Waals surface area contributed by atoms with Gasteiger partial charge < -0.3 is 0 Å². The van der Waals surface area contributed by atoms with E-state index in [0.29, 0.717) is 0 Å². The summed E-state index contributed by atoms with van der Waals surface area (Å²) < 4.78 is 1.25. The first-order valence-electron chi connectivity index (χ1n) is 9.85. The van der Waals surface area contributed by atoms with E-state index >= 15 is 0 Å². The normalized spacial score (nSPS) is 10.0. The maximum absolute atomic E-state index is 5.55. The van der Waals surface area contributed by atoms with E-state index in [4.69, 9.17) is 17.2 Å². The van der Waals surface area contributed by atoms with Crippen molar-refractivity contribution in [2.75, 3.05) is 0 Å². The van der Waals surface area contributed by atoms with Crippen LogP contribution in [0.5, 0.6) is 0 Å². The Kier molecular flexibility index (Phi) is 8.81. The van der Waals surface area contributed by atoms with Crippen molar-refractivity contribution >= 4 is 42.0 Å². The molecule has 0 amide bonds. The van der Waals surface area contributed by atoms with Crippen molar-refractivity contribution in [1.29, 1.82) is 0 Å². The van der Waals surface area contributed by atoms with Crippen molar-refractivity contribution in [3.05, 3.63) is 109 Å². The van der Waals surface area contributed by atoms with Gasteiger partial charge in [0.1, 0.15) is 0 Å². The molecular formula is C27H24Cl2Hf-2. The van der Waals surface area contributed by atoms with Gasteiger partial charge in [-0.25, -0.2) is 0 Å². The summed E-state index contributed by atoms with van der Waals surface area (Å²) in [5.41, 5.74) is 2.59. The quantitative estimate of drug-likeness (QED) is 0.134. The van der Waals surface area contributed by atoms with E-state index in [9.17, 15) is 0 Å². The van der Waals surface area contributed by atoms with Crippen LogP contribution in [0.25, 0.3) is 32.7 Å². The van der Waals surface area contributed by atoms with Gasteiger partial charge >= 0.3 is 52.8 Å². The topological polar surface area (TPSA) is 0 Å². The monoisotopic (exact) mass is 598 g/mol. The third-order valence-corrected chi connectivity index (χ3v) is 13.6. The molecule has 0 aliphatic carbocycles. The molecule has 0 unspecified atom stereocenters. The third kappa shape index (κ3) is 6.35. The van der Waals surface area contributed by atoms with E-state index < -0.39 is 18.6 Å². The summed E-state index contributed by atoms with van der Waals surface area (Å²) >= 11 is -1.97. The third-order valence-electron chi connectivity index (χ3n) is 4.67. The van der Waals surface area contributed by atoms with E-state index in [1.54, 1.807) is 0 Å². The molecule has 0 nitrogen and oxygen atoms in total. The first kappa shape index (κ1) is 22.9. The molecule has 0 aliphatic heterocycles. The molecule has 0 aliphatic rings. The molecule has 3 heteroatoms. The molecule has 0 heterocycles. The Labute approximate surface area is 193 Å². The number of fused-ring (bicyclic) bond motifs is 3. The van der Waals surface area contributed by atoms with Crippen molar-refractivity contribution in [1.82, 2.24) is 0 Å². The van der Waals surface area contributed by atoms with Crippen LogP contribution in [-0.2, 0) is 18.6 Å². The van der Waals surface area contributed by atoms with E-state index in [1.165, 1.54) is 35.9 Å². The Balaban J connectivity index is 0.000000138.